The van der Waals surface area contributed by atoms with Gasteiger partial charge in [-0.1, -0.05) is 5.11 Å². The van der Waals surface area contributed by atoms with E-state index in [0.29, 0.717) is 12.1 Å². The van der Waals surface area contributed by atoms with Gasteiger partial charge in [0.25, 0.3) is 5.69 Å². The number of benzene rings is 1. The van der Waals surface area contributed by atoms with Crippen LogP contribution in [0.5, 0.6) is 5.75 Å². The highest BCUT2D eigenvalue weighted by molar-refractivity contribution is 5.57. The quantitative estimate of drug-likeness (QED) is 0.269. The minimum absolute atomic E-state index is 0.512. The van der Waals surface area contributed by atoms with E-state index >= 15 is 0 Å². The Balaban J connectivity index is 3.22. The van der Waals surface area contributed by atoms with Gasteiger partial charge in [0.1, 0.15) is 5.75 Å². The molecule has 0 aromatic heterocycles. The Morgan fingerprint density at radius 3 is 2.59 bits per heavy atom. The fourth-order valence-electron chi connectivity index (χ4n) is 0.957. The monoisotopic (exact) mass is 248 g/mol. The Bertz CT molecular complexity index is 496. The number of azide groups is 1. The van der Waals surface area contributed by atoms with Crippen LogP contribution in [0.3, 0.4) is 0 Å². The molecule has 1 aromatic rings. The molecule has 0 bridgehead atoms. The molecule has 0 heterocycles. The van der Waals surface area contributed by atoms with Crippen molar-refractivity contribution in [3.8, 4) is 5.75 Å². The topological polar surface area (TPSA) is 101 Å². The highest BCUT2D eigenvalue weighted by atomic mass is 19.4. The van der Waals surface area contributed by atoms with Crippen LogP contribution >= 0.6 is 0 Å². The molecule has 90 valence electrons. The lowest BCUT2D eigenvalue weighted by molar-refractivity contribution is -0.384. The molecule has 0 aliphatic carbocycles. The zero-order valence-electron chi connectivity index (χ0n) is 7.88. The van der Waals surface area contributed by atoms with Crippen LogP contribution in [-0.4, -0.2) is 11.3 Å². The van der Waals surface area contributed by atoms with Crippen molar-refractivity contribution in [2.45, 2.75) is 6.36 Å². The van der Waals surface area contributed by atoms with Crippen molar-refractivity contribution in [1.29, 1.82) is 0 Å². The lowest BCUT2D eigenvalue weighted by atomic mass is 10.2. The summed E-state index contributed by atoms with van der Waals surface area (Å²) >= 11 is 0. The summed E-state index contributed by atoms with van der Waals surface area (Å²) in [5.41, 5.74) is 7.00. The van der Waals surface area contributed by atoms with Gasteiger partial charge in [-0.15, -0.1) is 13.2 Å². The highest BCUT2D eigenvalue weighted by Gasteiger charge is 2.32. The van der Waals surface area contributed by atoms with E-state index in [9.17, 15) is 23.3 Å². The van der Waals surface area contributed by atoms with Gasteiger partial charge in [-0.2, -0.15) is 0 Å². The number of hydrogen-bond acceptors (Lipinski definition) is 4. The van der Waals surface area contributed by atoms with Gasteiger partial charge in [-0.25, -0.2) is 0 Å². The lowest BCUT2D eigenvalue weighted by Gasteiger charge is -2.10. The van der Waals surface area contributed by atoms with Crippen LogP contribution in [0, 0.1) is 10.1 Å². The van der Waals surface area contributed by atoms with E-state index < -0.39 is 28.4 Å². The molecule has 0 aliphatic heterocycles. The maximum Gasteiger partial charge on any atom is 0.573 e. The normalized spacial score (nSPS) is 10.5. The van der Waals surface area contributed by atoms with E-state index in [1.54, 1.807) is 0 Å². The molecule has 1 aromatic carbocycles. The first-order chi connectivity index (χ1) is 7.83. The van der Waals surface area contributed by atoms with Crippen LogP contribution in [-0.2, 0) is 0 Å². The maximum absolute atomic E-state index is 11.9. The first kappa shape index (κ1) is 12.6. The van der Waals surface area contributed by atoms with Gasteiger partial charge in [0.15, 0.2) is 0 Å². The van der Waals surface area contributed by atoms with Gasteiger partial charge in [-0.3, -0.25) is 10.1 Å². The molecule has 17 heavy (non-hydrogen) atoms. The molecule has 7 nitrogen and oxygen atoms in total. The standard InChI is InChI=1S/C7H3F3N4O3/c8-7(9,10)17-6-2-1-4(14(15)16)3-5(6)12-13-11/h1-3H. The molecule has 0 saturated carbocycles. The van der Waals surface area contributed by atoms with Crippen molar-refractivity contribution >= 4 is 11.4 Å². The predicted octanol–water partition coefficient (Wildman–Crippen LogP) is 3.44. The Morgan fingerprint density at radius 1 is 1.47 bits per heavy atom. The molecule has 0 fully saturated rings. The van der Waals surface area contributed by atoms with Crippen LogP contribution in [0.15, 0.2) is 23.3 Å². The van der Waals surface area contributed by atoms with Crippen molar-refractivity contribution in [2.24, 2.45) is 5.11 Å². The summed E-state index contributed by atoms with van der Waals surface area (Å²) in [6, 6.07) is 2.19. The van der Waals surface area contributed by atoms with Crippen LogP contribution in [0.4, 0.5) is 24.5 Å². The third kappa shape index (κ3) is 3.54. The zero-order chi connectivity index (χ0) is 13.1. The number of hydrogen-bond donors (Lipinski definition) is 0. The van der Waals surface area contributed by atoms with Crippen LogP contribution in [0.25, 0.3) is 10.4 Å². The van der Waals surface area contributed by atoms with E-state index in [1.165, 1.54) is 0 Å². The third-order valence-corrected chi connectivity index (χ3v) is 1.53. The van der Waals surface area contributed by atoms with Crippen molar-refractivity contribution in [1.82, 2.24) is 0 Å². The summed E-state index contributed by atoms with van der Waals surface area (Å²) in [6.07, 6.45) is -4.98. The predicted molar refractivity (Wildman–Crippen MR) is 48.6 cm³/mol. The first-order valence-electron chi connectivity index (χ1n) is 3.93. The van der Waals surface area contributed by atoms with Crippen LogP contribution < -0.4 is 4.74 Å². The van der Waals surface area contributed by atoms with E-state index in [2.05, 4.69) is 14.8 Å². The second-order valence-electron chi connectivity index (χ2n) is 2.65. The van der Waals surface area contributed by atoms with Gasteiger partial charge < -0.3 is 4.74 Å². The molecule has 0 unspecified atom stereocenters. The van der Waals surface area contributed by atoms with E-state index in [-0.39, 0.29) is 0 Å². The van der Waals surface area contributed by atoms with E-state index in [4.69, 9.17) is 5.53 Å². The molecule has 0 aliphatic rings. The number of nitro groups is 1. The van der Waals surface area contributed by atoms with Crippen molar-refractivity contribution in [3.05, 3.63) is 38.8 Å². The SMILES string of the molecule is [N-]=[N+]=Nc1cc([N+](=O)[O-])ccc1OC(F)(F)F. The Hall–Kier alpha value is -2.48. The van der Waals surface area contributed by atoms with Gasteiger partial charge in [0.05, 0.1) is 10.6 Å². The zero-order valence-corrected chi connectivity index (χ0v) is 7.88. The van der Waals surface area contributed by atoms with Crippen molar-refractivity contribution in [2.75, 3.05) is 0 Å². The smallest absolute Gasteiger partial charge is 0.405 e. The Morgan fingerprint density at radius 2 is 2.12 bits per heavy atom. The number of nitro benzene ring substituents is 1. The third-order valence-electron chi connectivity index (χ3n) is 1.53. The minimum atomic E-state index is -4.98. The molecule has 10 heteroatoms. The van der Waals surface area contributed by atoms with Gasteiger partial charge in [-0.05, 0) is 11.6 Å². The van der Waals surface area contributed by atoms with Crippen LogP contribution in [0.1, 0.15) is 0 Å². The second-order valence-corrected chi connectivity index (χ2v) is 2.65. The van der Waals surface area contributed by atoms with E-state index in [1.807, 2.05) is 0 Å². The highest BCUT2D eigenvalue weighted by Crippen LogP contribution is 2.35. The first-order valence-corrected chi connectivity index (χ1v) is 3.93. The number of nitrogens with zero attached hydrogens (tertiary/aromatic N) is 4. The summed E-state index contributed by atoms with van der Waals surface area (Å²) in [5, 5.41) is 13.2. The number of ether oxygens (including phenoxy) is 1. The minimum Gasteiger partial charge on any atom is -0.405 e. The van der Waals surface area contributed by atoms with Crippen LogP contribution in [0.2, 0.25) is 0 Å². The Kier molecular flexibility index (Phi) is 3.39. The number of alkyl halides is 3. The molecule has 0 spiro atoms. The number of halogens is 3. The number of non-ortho nitro benzene ring substituents is 1. The summed E-state index contributed by atoms with van der Waals surface area (Å²) in [4.78, 5) is 11.8. The largest absolute Gasteiger partial charge is 0.573 e. The summed E-state index contributed by atoms with van der Waals surface area (Å²) in [5.74, 6) is -0.805. The molecule has 0 N–H and O–H groups in total. The van der Waals surface area contributed by atoms with Gasteiger partial charge in [0, 0.05) is 17.0 Å². The van der Waals surface area contributed by atoms with Crippen molar-refractivity contribution in [3.63, 3.8) is 0 Å². The molecule has 0 amide bonds. The van der Waals surface area contributed by atoms with Gasteiger partial charge >= 0.3 is 6.36 Å². The molecular formula is C7H3F3N4O3. The number of rotatable bonds is 3. The molecule has 0 saturated heterocycles. The molecular weight excluding hydrogens is 245 g/mol. The molecule has 1 rings (SSSR count). The maximum atomic E-state index is 11.9. The molecule has 0 atom stereocenters. The Labute approximate surface area is 91.2 Å². The molecule has 0 radical (unpaired) electrons. The lowest BCUT2D eigenvalue weighted by Crippen LogP contribution is -2.17. The van der Waals surface area contributed by atoms with Crippen molar-refractivity contribution < 1.29 is 22.8 Å². The average molecular weight is 248 g/mol. The fourth-order valence-corrected chi connectivity index (χ4v) is 0.957. The average Bonchev–Trinajstić information content (AvgIpc) is 2.18. The summed E-state index contributed by atoms with van der Waals surface area (Å²) < 4.78 is 39.3. The fraction of sp³-hybridized carbons (Fsp3) is 0.143. The van der Waals surface area contributed by atoms with Gasteiger partial charge in [0.2, 0.25) is 0 Å². The summed E-state index contributed by atoms with van der Waals surface area (Å²) in [6.45, 7) is 0. The second kappa shape index (κ2) is 4.58. The van der Waals surface area contributed by atoms with E-state index in [0.717, 1.165) is 6.07 Å². The summed E-state index contributed by atoms with van der Waals surface area (Å²) in [7, 11) is 0.